The predicted molar refractivity (Wildman–Crippen MR) is 108 cm³/mol. The number of hydrogen-bond acceptors (Lipinski definition) is 4. The highest BCUT2D eigenvalue weighted by Gasteiger charge is 2.29. The summed E-state index contributed by atoms with van der Waals surface area (Å²) in [6.07, 6.45) is 1.09. The molecule has 2 aromatic carbocycles. The van der Waals surface area contributed by atoms with Crippen LogP contribution >= 0.6 is 0 Å². The monoisotopic (exact) mass is 378 g/mol. The van der Waals surface area contributed by atoms with E-state index in [4.69, 9.17) is 9.47 Å². The highest BCUT2D eigenvalue weighted by Crippen LogP contribution is 2.25. The fourth-order valence-corrected chi connectivity index (χ4v) is 3.49. The minimum Gasteiger partial charge on any atom is -0.497 e. The number of H-pyrrole nitrogens is 1. The average molecular weight is 378 g/mol. The van der Waals surface area contributed by atoms with Gasteiger partial charge in [-0.25, -0.2) is 0 Å². The van der Waals surface area contributed by atoms with Crippen LogP contribution in [0.2, 0.25) is 0 Å². The molecule has 6 heteroatoms. The number of carbonyl (C=O) groups excluding carboxylic acids is 1. The first-order valence-electron chi connectivity index (χ1n) is 9.33. The molecule has 4 rings (SSSR count). The zero-order valence-electron chi connectivity index (χ0n) is 15.7. The van der Waals surface area contributed by atoms with E-state index in [9.17, 15) is 9.59 Å². The van der Waals surface area contributed by atoms with Crippen molar-refractivity contribution >= 4 is 22.5 Å². The number of benzene rings is 2. The standard InChI is InChI=1S/C22H22N2O4/c1-27-18-10-8-17(9-11-18)24(22(26)20-7-4-12-28-20)14-16-13-15-5-2-3-6-19(15)23-21(16)25/h2-3,5-6,8-11,13,20H,4,7,12,14H2,1H3,(H,23,25)/t20-/m1/s1. The molecule has 0 aliphatic carbocycles. The highest BCUT2D eigenvalue weighted by molar-refractivity contribution is 5.96. The fourth-order valence-electron chi connectivity index (χ4n) is 3.49. The largest absolute Gasteiger partial charge is 0.497 e. The molecular weight excluding hydrogens is 356 g/mol. The molecular formula is C22H22N2O4. The molecule has 1 amide bonds. The van der Waals surface area contributed by atoms with E-state index in [-0.39, 0.29) is 18.0 Å². The smallest absolute Gasteiger partial charge is 0.256 e. The summed E-state index contributed by atoms with van der Waals surface area (Å²) in [6, 6.07) is 16.7. The third-order valence-corrected chi connectivity index (χ3v) is 5.01. The van der Waals surface area contributed by atoms with Gasteiger partial charge in [0.1, 0.15) is 11.9 Å². The maximum atomic E-state index is 13.1. The number of nitrogens with zero attached hydrogens (tertiary/aromatic N) is 1. The molecule has 28 heavy (non-hydrogen) atoms. The van der Waals surface area contributed by atoms with Crippen molar-refractivity contribution < 1.29 is 14.3 Å². The van der Waals surface area contributed by atoms with Crippen LogP contribution in [0, 0.1) is 0 Å². The first-order chi connectivity index (χ1) is 13.7. The fraction of sp³-hybridized carbons (Fsp3) is 0.273. The van der Waals surface area contributed by atoms with Crippen LogP contribution in [0.3, 0.4) is 0 Å². The lowest BCUT2D eigenvalue weighted by molar-refractivity contribution is -0.127. The quantitative estimate of drug-likeness (QED) is 0.740. The minimum absolute atomic E-state index is 0.129. The molecule has 144 valence electrons. The molecule has 0 radical (unpaired) electrons. The maximum absolute atomic E-state index is 13.1. The van der Waals surface area contributed by atoms with Crippen LogP contribution < -0.4 is 15.2 Å². The second-order valence-corrected chi connectivity index (χ2v) is 6.84. The molecule has 0 bridgehead atoms. The third-order valence-electron chi connectivity index (χ3n) is 5.01. The van der Waals surface area contributed by atoms with Crippen molar-refractivity contribution in [2.75, 3.05) is 18.6 Å². The lowest BCUT2D eigenvalue weighted by Crippen LogP contribution is -2.39. The number of fused-ring (bicyclic) bond motifs is 1. The molecule has 2 heterocycles. The van der Waals surface area contributed by atoms with Gasteiger partial charge in [-0.1, -0.05) is 18.2 Å². The Labute approximate surface area is 162 Å². The molecule has 0 unspecified atom stereocenters. The summed E-state index contributed by atoms with van der Waals surface area (Å²) < 4.78 is 10.8. The normalized spacial score (nSPS) is 16.2. The Hall–Kier alpha value is -3.12. The lowest BCUT2D eigenvalue weighted by Gasteiger charge is -2.25. The molecule has 3 aromatic rings. The summed E-state index contributed by atoms with van der Waals surface area (Å²) >= 11 is 0. The van der Waals surface area contributed by atoms with Gasteiger partial charge in [0.25, 0.3) is 11.5 Å². The SMILES string of the molecule is COc1ccc(N(Cc2cc3ccccc3[nH]c2=O)C(=O)[C@H]2CCCO2)cc1. The van der Waals surface area contributed by atoms with Crippen LogP contribution in [0.4, 0.5) is 5.69 Å². The number of anilines is 1. The number of carbonyl (C=O) groups is 1. The second kappa shape index (κ2) is 7.86. The average Bonchev–Trinajstić information content (AvgIpc) is 3.27. The van der Waals surface area contributed by atoms with Crippen molar-refractivity contribution in [3.05, 3.63) is 70.5 Å². The van der Waals surface area contributed by atoms with Crippen LogP contribution in [-0.2, 0) is 16.1 Å². The Bertz CT molecular complexity index is 1040. The number of aromatic nitrogens is 1. The van der Waals surface area contributed by atoms with Gasteiger partial charge in [-0.15, -0.1) is 0 Å². The van der Waals surface area contributed by atoms with Gasteiger partial charge in [-0.05, 0) is 54.6 Å². The van der Waals surface area contributed by atoms with E-state index in [1.54, 1.807) is 24.1 Å². The van der Waals surface area contributed by atoms with E-state index in [2.05, 4.69) is 4.98 Å². The molecule has 1 aromatic heterocycles. The first kappa shape index (κ1) is 18.3. The van der Waals surface area contributed by atoms with Gasteiger partial charge < -0.3 is 19.4 Å². The van der Waals surface area contributed by atoms with Crippen molar-refractivity contribution in [1.82, 2.24) is 4.98 Å². The Morgan fingerprint density at radius 2 is 2.00 bits per heavy atom. The number of nitrogens with one attached hydrogen (secondary N) is 1. The van der Waals surface area contributed by atoms with E-state index in [1.165, 1.54) is 0 Å². The summed E-state index contributed by atoms with van der Waals surface area (Å²) in [5.41, 5.74) is 1.81. The Morgan fingerprint density at radius 1 is 1.21 bits per heavy atom. The van der Waals surface area contributed by atoms with Crippen LogP contribution in [-0.4, -0.2) is 30.7 Å². The topological polar surface area (TPSA) is 71.6 Å². The van der Waals surface area contributed by atoms with E-state index in [1.807, 2.05) is 42.5 Å². The molecule has 1 aliphatic rings. The third kappa shape index (κ3) is 3.64. The minimum atomic E-state index is -0.471. The van der Waals surface area contributed by atoms with Crippen LogP contribution in [0.5, 0.6) is 5.75 Å². The van der Waals surface area contributed by atoms with E-state index in [0.717, 1.165) is 17.3 Å². The molecule has 1 N–H and O–H groups in total. The van der Waals surface area contributed by atoms with E-state index in [0.29, 0.717) is 30.0 Å². The van der Waals surface area contributed by atoms with Gasteiger partial charge in [0.05, 0.1) is 13.7 Å². The molecule has 1 fully saturated rings. The van der Waals surface area contributed by atoms with Crippen molar-refractivity contribution in [2.24, 2.45) is 0 Å². The molecule has 1 saturated heterocycles. The van der Waals surface area contributed by atoms with Gasteiger partial charge in [0, 0.05) is 23.4 Å². The van der Waals surface area contributed by atoms with Crippen molar-refractivity contribution in [3.63, 3.8) is 0 Å². The maximum Gasteiger partial charge on any atom is 0.256 e. The Morgan fingerprint density at radius 3 is 2.71 bits per heavy atom. The highest BCUT2D eigenvalue weighted by atomic mass is 16.5. The van der Waals surface area contributed by atoms with Crippen LogP contribution in [0.15, 0.2) is 59.4 Å². The summed E-state index contributed by atoms with van der Waals surface area (Å²) in [4.78, 5) is 30.3. The zero-order chi connectivity index (χ0) is 19.5. The molecule has 6 nitrogen and oxygen atoms in total. The van der Waals surface area contributed by atoms with Gasteiger partial charge in [-0.2, -0.15) is 0 Å². The molecule has 1 aliphatic heterocycles. The van der Waals surface area contributed by atoms with Gasteiger partial charge in [0.15, 0.2) is 0 Å². The Kier molecular flexibility index (Phi) is 5.12. The van der Waals surface area contributed by atoms with Crippen LogP contribution in [0.1, 0.15) is 18.4 Å². The summed E-state index contributed by atoms with van der Waals surface area (Å²) in [5.74, 6) is 0.576. The summed E-state index contributed by atoms with van der Waals surface area (Å²) in [5, 5.41) is 0.927. The van der Waals surface area contributed by atoms with Gasteiger partial charge >= 0.3 is 0 Å². The molecule has 0 spiro atoms. The van der Waals surface area contributed by atoms with Crippen molar-refractivity contribution in [1.29, 1.82) is 0 Å². The number of aromatic amines is 1. The summed E-state index contributed by atoms with van der Waals surface area (Å²) in [6.45, 7) is 0.759. The van der Waals surface area contributed by atoms with Gasteiger partial charge in [-0.3, -0.25) is 9.59 Å². The predicted octanol–water partition coefficient (Wildman–Crippen LogP) is 3.25. The number of pyridine rings is 1. The second-order valence-electron chi connectivity index (χ2n) is 6.84. The number of methoxy groups -OCH3 is 1. The lowest BCUT2D eigenvalue weighted by atomic mass is 10.1. The van der Waals surface area contributed by atoms with Gasteiger partial charge in [0.2, 0.25) is 0 Å². The number of amides is 1. The van der Waals surface area contributed by atoms with E-state index >= 15 is 0 Å². The number of para-hydroxylation sites is 1. The van der Waals surface area contributed by atoms with E-state index < -0.39 is 6.10 Å². The molecule has 1 atom stereocenters. The van der Waals surface area contributed by atoms with Crippen molar-refractivity contribution in [3.8, 4) is 5.75 Å². The van der Waals surface area contributed by atoms with Crippen LogP contribution in [0.25, 0.3) is 10.9 Å². The Balaban J connectivity index is 1.71. The zero-order valence-corrected chi connectivity index (χ0v) is 15.7. The van der Waals surface area contributed by atoms with Crippen molar-refractivity contribution in [2.45, 2.75) is 25.5 Å². The first-order valence-corrected chi connectivity index (χ1v) is 9.33. The number of ether oxygens (including phenoxy) is 2. The number of hydrogen-bond donors (Lipinski definition) is 1. The summed E-state index contributed by atoms with van der Waals surface area (Å²) in [7, 11) is 1.60. The number of rotatable bonds is 5. The molecule has 0 saturated carbocycles.